The van der Waals surface area contributed by atoms with Gasteiger partial charge in [-0.2, -0.15) is 0 Å². The van der Waals surface area contributed by atoms with E-state index in [1.165, 1.54) is 0 Å². The molecule has 1 aromatic rings. The van der Waals surface area contributed by atoms with E-state index >= 15 is 0 Å². The van der Waals surface area contributed by atoms with Crippen molar-refractivity contribution in [1.29, 1.82) is 0 Å². The van der Waals surface area contributed by atoms with Gasteiger partial charge in [0.1, 0.15) is 0 Å². The Hall–Kier alpha value is -1.84. The third-order valence-corrected chi connectivity index (χ3v) is 4.97. The third kappa shape index (κ3) is 2.51. The minimum Gasteiger partial charge on any atom is -0.342 e. The molecule has 0 N–H and O–H groups in total. The number of rotatable bonds is 2. The number of hydrogen-bond donors (Lipinski definition) is 0. The summed E-state index contributed by atoms with van der Waals surface area (Å²) in [5, 5.41) is 0. The van der Waals surface area contributed by atoms with Gasteiger partial charge in [0, 0.05) is 43.1 Å². The molecule has 2 fully saturated rings. The first kappa shape index (κ1) is 15.1. The van der Waals surface area contributed by atoms with Crippen LogP contribution in [0.5, 0.6) is 0 Å². The van der Waals surface area contributed by atoms with Gasteiger partial charge in [0.15, 0.2) is 0 Å². The van der Waals surface area contributed by atoms with Gasteiger partial charge in [-0.15, -0.1) is 0 Å². The minimum atomic E-state index is -0.0517. The van der Waals surface area contributed by atoms with Crippen LogP contribution < -0.4 is 4.90 Å². The van der Waals surface area contributed by atoms with Crippen molar-refractivity contribution in [3.8, 4) is 0 Å². The zero-order valence-electron chi connectivity index (χ0n) is 13.6. The highest BCUT2D eigenvalue weighted by Crippen LogP contribution is 2.42. The first-order valence-corrected chi connectivity index (χ1v) is 8.07. The normalized spacial score (nSPS) is 24.8. The van der Waals surface area contributed by atoms with E-state index < -0.39 is 0 Å². The summed E-state index contributed by atoms with van der Waals surface area (Å²) in [7, 11) is 0. The molecule has 0 radical (unpaired) electrons. The summed E-state index contributed by atoms with van der Waals surface area (Å²) in [4.78, 5) is 28.6. The van der Waals surface area contributed by atoms with Gasteiger partial charge in [0.05, 0.1) is 0 Å². The molecule has 1 aromatic carbocycles. The Balaban J connectivity index is 1.78. The number of aryl methyl sites for hydroxylation is 1. The predicted molar refractivity (Wildman–Crippen MR) is 86.6 cm³/mol. The molecule has 22 heavy (non-hydrogen) atoms. The van der Waals surface area contributed by atoms with Crippen LogP contribution in [-0.2, 0) is 9.59 Å². The first-order valence-electron chi connectivity index (χ1n) is 8.07. The monoisotopic (exact) mass is 300 g/mol. The summed E-state index contributed by atoms with van der Waals surface area (Å²) in [5.74, 6) is 0.423. The van der Waals surface area contributed by atoms with Crippen molar-refractivity contribution in [1.82, 2.24) is 4.90 Å². The largest absolute Gasteiger partial charge is 0.342 e. The van der Waals surface area contributed by atoms with E-state index in [4.69, 9.17) is 0 Å². The van der Waals surface area contributed by atoms with Gasteiger partial charge in [0.2, 0.25) is 11.8 Å². The number of nitrogens with zero attached hydrogens (tertiary/aromatic N) is 2. The Morgan fingerprint density at radius 3 is 2.64 bits per heavy atom. The molecule has 0 aliphatic carbocycles. The second-order valence-corrected chi connectivity index (χ2v) is 7.11. The molecule has 0 bridgehead atoms. The molecule has 2 aliphatic heterocycles. The topological polar surface area (TPSA) is 40.6 Å². The zero-order valence-corrected chi connectivity index (χ0v) is 13.6. The van der Waals surface area contributed by atoms with E-state index in [0.29, 0.717) is 6.42 Å². The summed E-state index contributed by atoms with van der Waals surface area (Å²) >= 11 is 0. The van der Waals surface area contributed by atoms with Crippen LogP contribution in [0.2, 0.25) is 0 Å². The maximum Gasteiger partial charge on any atom is 0.227 e. The van der Waals surface area contributed by atoms with E-state index in [1.807, 2.05) is 54.8 Å². The molecule has 3 rings (SSSR count). The summed E-state index contributed by atoms with van der Waals surface area (Å²) in [6.45, 7) is 8.15. The second kappa shape index (κ2) is 5.41. The lowest BCUT2D eigenvalue weighted by Gasteiger charge is -2.25. The molecule has 0 saturated carbocycles. The third-order valence-electron chi connectivity index (χ3n) is 4.97. The molecule has 2 heterocycles. The number of carbonyl (C=O) groups excluding carboxylic acids is 2. The van der Waals surface area contributed by atoms with Crippen molar-refractivity contribution in [2.24, 2.45) is 11.3 Å². The van der Waals surface area contributed by atoms with Crippen molar-refractivity contribution in [3.05, 3.63) is 29.8 Å². The van der Waals surface area contributed by atoms with Crippen LogP contribution >= 0.6 is 0 Å². The molecule has 2 saturated heterocycles. The van der Waals surface area contributed by atoms with Gasteiger partial charge >= 0.3 is 0 Å². The van der Waals surface area contributed by atoms with Crippen LogP contribution in [0.15, 0.2) is 24.3 Å². The fraction of sp³-hybridized carbons (Fsp3) is 0.556. The quantitative estimate of drug-likeness (QED) is 0.842. The zero-order chi connectivity index (χ0) is 15.9. The van der Waals surface area contributed by atoms with E-state index in [9.17, 15) is 9.59 Å². The Kier molecular flexibility index (Phi) is 3.71. The lowest BCUT2D eigenvalue weighted by atomic mass is 9.86. The van der Waals surface area contributed by atoms with Crippen LogP contribution in [0.3, 0.4) is 0 Å². The molecule has 4 heteroatoms. The van der Waals surface area contributed by atoms with E-state index in [1.54, 1.807) is 0 Å². The van der Waals surface area contributed by atoms with Gasteiger partial charge in [-0.1, -0.05) is 32.0 Å². The number of likely N-dealkylation sites (tertiary alicyclic amines) is 1. The number of para-hydroxylation sites is 1. The van der Waals surface area contributed by atoms with Gasteiger partial charge in [-0.05, 0) is 25.0 Å². The van der Waals surface area contributed by atoms with Crippen LogP contribution in [0.4, 0.5) is 5.69 Å². The summed E-state index contributed by atoms with van der Waals surface area (Å²) in [6, 6.07) is 8.02. The van der Waals surface area contributed by atoms with Crippen molar-refractivity contribution >= 4 is 17.5 Å². The molecule has 2 amide bonds. The molecular weight excluding hydrogens is 276 g/mol. The number of hydrogen-bond acceptors (Lipinski definition) is 2. The molecule has 118 valence electrons. The average Bonchev–Trinajstić information content (AvgIpc) is 3.02. The van der Waals surface area contributed by atoms with Crippen LogP contribution in [0.1, 0.15) is 32.3 Å². The number of amides is 2. The smallest absolute Gasteiger partial charge is 0.227 e. The van der Waals surface area contributed by atoms with E-state index in [0.717, 1.165) is 37.3 Å². The Morgan fingerprint density at radius 1 is 1.23 bits per heavy atom. The molecule has 2 aliphatic rings. The maximum absolute atomic E-state index is 12.5. The van der Waals surface area contributed by atoms with Gasteiger partial charge < -0.3 is 9.80 Å². The van der Waals surface area contributed by atoms with Crippen molar-refractivity contribution < 1.29 is 9.59 Å². The number of carbonyl (C=O) groups is 2. The molecule has 4 nitrogen and oxygen atoms in total. The van der Waals surface area contributed by atoms with E-state index in [-0.39, 0.29) is 23.1 Å². The Morgan fingerprint density at radius 2 is 1.95 bits per heavy atom. The lowest BCUT2D eigenvalue weighted by Crippen LogP contribution is -2.36. The molecule has 1 unspecified atom stereocenters. The first-order chi connectivity index (χ1) is 10.4. The Bertz CT molecular complexity index is 611. The van der Waals surface area contributed by atoms with Crippen LogP contribution in [0.25, 0.3) is 0 Å². The van der Waals surface area contributed by atoms with Gasteiger partial charge in [-0.3, -0.25) is 9.59 Å². The number of benzene rings is 1. The minimum absolute atomic E-state index is 0.0275. The maximum atomic E-state index is 12.5. The van der Waals surface area contributed by atoms with E-state index in [2.05, 4.69) is 0 Å². The highest BCUT2D eigenvalue weighted by molar-refractivity contribution is 5.97. The van der Waals surface area contributed by atoms with Gasteiger partial charge in [-0.25, -0.2) is 0 Å². The average molecular weight is 300 g/mol. The summed E-state index contributed by atoms with van der Waals surface area (Å²) in [5.41, 5.74) is 2.09. The second-order valence-electron chi connectivity index (χ2n) is 7.11. The van der Waals surface area contributed by atoms with Crippen LogP contribution in [-0.4, -0.2) is 36.3 Å². The van der Waals surface area contributed by atoms with Crippen molar-refractivity contribution in [2.45, 2.75) is 33.6 Å². The molecule has 0 aromatic heterocycles. The highest BCUT2D eigenvalue weighted by atomic mass is 16.2. The standard InChI is InChI=1S/C18H24N2O2/c1-13(2)17(22)19-9-8-18(11-19)10-16(21)20(12-18)15-7-5-4-6-14(15)3/h4-7,13H,8-12H2,1-3H3. The van der Waals surface area contributed by atoms with Crippen molar-refractivity contribution in [3.63, 3.8) is 0 Å². The van der Waals surface area contributed by atoms with Crippen molar-refractivity contribution in [2.75, 3.05) is 24.5 Å². The SMILES string of the molecule is Cc1ccccc1N1CC2(CCN(C(=O)C(C)C)C2)CC1=O. The Labute approximate surface area is 132 Å². The number of anilines is 1. The van der Waals surface area contributed by atoms with Gasteiger partial charge in [0.25, 0.3) is 0 Å². The fourth-order valence-corrected chi connectivity index (χ4v) is 3.74. The summed E-state index contributed by atoms with van der Waals surface area (Å²) < 4.78 is 0. The summed E-state index contributed by atoms with van der Waals surface area (Å²) in [6.07, 6.45) is 1.49. The van der Waals surface area contributed by atoms with Crippen LogP contribution in [0, 0.1) is 18.3 Å². The molecule has 1 atom stereocenters. The predicted octanol–water partition coefficient (Wildman–Crippen LogP) is 2.61. The molecule has 1 spiro atoms. The molecular formula is C18H24N2O2. The lowest BCUT2D eigenvalue weighted by molar-refractivity contribution is -0.133. The highest BCUT2D eigenvalue weighted by Gasteiger charge is 2.49. The fourth-order valence-electron chi connectivity index (χ4n) is 3.74.